The van der Waals surface area contributed by atoms with Crippen LogP contribution < -0.4 is 14.8 Å². The van der Waals surface area contributed by atoms with Gasteiger partial charge < -0.3 is 14.8 Å². The maximum absolute atomic E-state index is 13.2. The molecule has 0 saturated heterocycles. The van der Waals surface area contributed by atoms with Crippen molar-refractivity contribution in [2.24, 2.45) is 0 Å². The van der Waals surface area contributed by atoms with Crippen molar-refractivity contribution in [2.75, 3.05) is 14.2 Å². The van der Waals surface area contributed by atoms with Gasteiger partial charge in [-0.3, -0.25) is 0 Å². The van der Waals surface area contributed by atoms with E-state index in [0.717, 1.165) is 42.0 Å². The highest BCUT2D eigenvalue weighted by molar-refractivity contribution is 5.43. The van der Waals surface area contributed by atoms with Crippen molar-refractivity contribution in [1.29, 1.82) is 0 Å². The summed E-state index contributed by atoms with van der Waals surface area (Å²) in [5, 5.41) is 3.54. The molecule has 2 aromatic carbocycles. The number of hydrogen-bond acceptors (Lipinski definition) is 3. The Balaban J connectivity index is 1.69. The van der Waals surface area contributed by atoms with Gasteiger partial charge in [0.25, 0.3) is 0 Å². The maximum atomic E-state index is 13.2. The molecule has 1 aliphatic rings. The first-order valence-corrected chi connectivity index (χ1v) is 7.44. The molecule has 0 heterocycles. The molecular formula is C18H20FNO2. The van der Waals surface area contributed by atoms with Crippen LogP contribution in [0.2, 0.25) is 0 Å². The van der Waals surface area contributed by atoms with Crippen LogP contribution in [0.3, 0.4) is 0 Å². The number of halogens is 1. The number of rotatable bonds is 5. The molecule has 0 spiro atoms. The van der Waals surface area contributed by atoms with Gasteiger partial charge in [0.2, 0.25) is 0 Å². The zero-order chi connectivity index (χ0) is 15.5. The van der Waals surface area contributed by atoms with Crippen molar-refractivity contribution in [3.05, 3.63) is 58.9 Å². The van der Waals surface area contributed by atoms with Crippen LogP contribution in [0.5, 0.6) is 11.5 Å². The van der Waals surface area contributed by atoms with Gasteiger partial charge >= 0.3 is 0 Å². The number of hydrogen-bond donors (Lipinski definition) is 1. The number of ether oxygens (including phenoxy) is 2. The molecule has 0 aliphatic heterocycles. The summed E-state index contributed by atoms with van der Waals surface area (Å²) in [5.74, 6) is 1.31. The summed E-state index contributed by atoms with van der Waals surface area (Å²) in [6.07, 6.45) is 1.93. The van der Waals surface area contributed by atoms with Crippen LogP contribution in [0.15, 0.2) is 36.4 Å². The van der Waals surface area contributed by atoms with Gasteiger partial charge in [-0.15, -0.1) is 0 Å². The van der Waals surface area contributed by atoms with Crippen LogP contribution in [0.4, 0.5) is 4.39 Å². The second-order valence-electron chi connectivity index (χ2n) is 5.50. The van der Waals surface area contributed by atoms with Crippen molar-refractivity contribution in [3.8, 4) is 11.5 Å². The zero-order valence-corrected chi connectivity index (χ0v) is 12.9. The fraction of sp³-hybridized carbons (Fsp3) is 0.333. The zero-order valence-electron chi connectivity index (χ0n) is 12.9. The number of benzene rings is 2. The van der Waals surface area contributed by atoms with Crippen molar-refractivity contribution < 1.29 is 13.9 Å². The Morgan fingerprint density at radius 2 is 1.91 bits per heavy atom. The third-order valence-corrected chi connectivity index (χ3v) is 4.18. The summed E-state index contributed by atoms with van der Waals surface area (Å²) < 4.78 is 23.8. The first-order valence-electron chi connectivity index (χ1n) is 7.44. The first-order chi connectivity index (χ1) is 10.7. The molecule has 0 saturated carbocycles. The van der Waals surface area contributed by atoms with E-state index >= 15 is 0 Å². The summed E-state index contributed by atoms with van der Waals surface area (Å²) in [5.41, 5.74) is 3.46. The quantitative estimate of drug-likeness (QED) is 0.915. The highest BCUT2D eigenvalue weighted by Crippen LogP contribution is 2.32. The molecule has 0 bridgehead atoms. The molecular weight excluding hydrogens is 281 g/mol. The Morgan fingerprint density at radius 1 is 1.09 bits per heavy atom. The van der Waals surface area contributed by atoms with E-state index < -0.39 is 0 Å². The number of fused-ring (bicyclic) bond motifs is 1. The molecule has 2 aromatic rings. The van der Waals surface area contributed by atoms with Gasteiger partial charge in [-0.05, 0) is 53.8 Å². The van der Waals surface area contributed by atoms with Gasteiger partial charge in [0.15, 0.2) is 11.5 Å². The summed E-state index contributed by atoms with van der Waals surface area (Å²) in [6.45, 7) is 0.738. The lowest BCUT2D eigenvalue weighted by atomic mass is 10.1. The van der Waals surface area contributed by atoms with Crippen LogP contribution >= 0.6 is 0 Å². The largest absolute Gasteiger partial charge is 0.493 e. The number of methoxy groups -OCH3 is 2. The molecule has 1 unspecified atom stereocenters. The first kappa shape index (κ1) is 14.9. The summed E-state index contributed by atoms with van der Waals surface area (Å²) in [7, 11) is 3.27. The monoisotopic (exact) mass is 301 g/mol. The van der Waals surface area contributed by atoms with Crippen LogP contribution in [-0.4, -0.2) is 14.2 Å². The third-order valence-electron chi connectivity index (χ3n) is 4.18. The van der Waals surface area contributed by atoms with Gasteiger partial charge in [0.1, 0.15) is 5.82 Å². The van der Waals surface area contributed by atoms with Crippen LogP contribution in [0, 0.1) is 5.82 Å². The van der Waals surface area contributed by atoms with Crippen LogP contribution in [-0.2, 0) is 13.0 Å². The Bertz CT molecular complexity index is 672. The lowest BCUT2D eigenvalue weighted by Crippen LogP contribution is -2.18. The molecule has 22 heavy (non-hydrogen) atoms. The van der Waals surface area contributed by atoms with Gasteiger partial charge in [-0.1, -0.05) is 12.1 Å². The number of nitrogens with one attached hydrogen (secondary N) is 1. The minimum atomic E-state index is -0.153. The van der Waals surface area contributed by atoms with Crippen molar-refractivity contribution >= 4 is 0 Å². The predicted molar refractivity (Wildman–Crippen MR) is 83.8 cm³/mol. The molecule has 3 nitrogen and oxygen atoms in total. The van der Waals surface area contributed by atoms with E-state index in [0.29, 0.717) is 0 Å². The van der Waals surface area contributed by atoms with Gasteiger partial charge in [-0.25, -0.2) is 4.39 Å². The summed E-state index contributed by atoms with van der Waals surface area (Å²) in [6, 6.07) is 11.3. The molecule has 1 N–H and O–H groups in total. The van der Waals surface area contributed by atoms with E-state index in [1.54, 1.807) is 20.3 Å². The molecule has 0 aromatic heterocycles. The second-order valence-corrected chi connectivity index (χ2v) is 5.50. The summed E-state index contributed by atoms with van der Waals surface area (Å²) >= 11 is 0. The van der Waals surface area contributed by atoms with Crippen molar-refractivity contribution in [2.45, 2.75) is 25.4 Å². The van der Waals surface area contributed by atoms with E-state index in [2.05, 4.69) is 5.32 Å². The topological polar surface area (TPSA) is 30.5 Å². The standard InChI is InChI=1S/C18H20FNO2/c1-21-17-8-3-12(9-18(17)22-2)11-20-16-7-4-13-10-14(19)5-6-15(13)16/h3,5-6,8-10,16,20H,4,7,11H2,1-2H3. The van der Waals surface area contributed by atoms with Crippen LogP contribution in [0.25, 0.3) is 0 Å². The average Bonchev–Trinajstić information content (AvgIpc) is 2.94. The molecule has 1 atom stereocenters. The highest BCUT2D eigenvalue weighted by Gasteiger charge is 2.22. The highest BCUT2D eigenvalue weighted by atomic mass is 19.1. The van der Waals surface area contributed by atoms with E-state index in [-0.39, 0.29) is 11.9 Å². The maximum Gasteiger partial charge on any atom is 0.161 e. The second kappa shape index (κ2) is 6.36. The van der Waals surface area contributed by atoms with Crippen LogP contribution in [0.1, 0.15) is 29.2 Å². The summed E-state index contributed by atoms with van der Waals surface area (Å²) in [4.78, 5) is 0. The minimum absolute atomic E-state index is 0.153. The minimum Gasteiger partial charge on any atom is -0.493 e. The Morgan fingerprint density at radius 3 is 2.68 bits per heavy atom. The molecule has 4 heteroatoms. The Kier molecular flexibility index (Phi) is 4.29. The van der Waals surface area contributed by atoms with Gasteiger partial charge in [-0.2, -0.15) is 0 Å². The lowest BCUT2D eigenvalue weighted by molar-refractivity contribution is 0.354. The number of aryl methyl sites for hydroxylation is 1. The normalized spacial score (nSPS) is 16.4. The smallest absolute Gasteiger partial charge is 0.161 e. The molecule has 0 fully saturated rings. The molecule has 1 aliphatic carbocycles. The average molecular weight is 301 g/mol. The molecule has 116 valence electrons. The Labute approximate surface area is 130 Å². The van der Waals surface area contributed by atoms with Crippen molar-refractivity contribution in [3.63, 3.8) is 0 Å². The van der Waals surface area contributed by atoms with E-state index in [1.165, 1.54) is 11.6 Å². The molecule has 0 amide bonds. The predicted octanol–water partition coefficient (Wildman–Crippen LogP) is 3.62. The van der Waals surface area contributed by atoms with E-state index in [4.69, 9.17) is 9.47 Å². The molecule has 3 rings (SSSR count). The fourth-order valence-electron chi connectivity index (χ4n) is 3.03. The lowest BCUT2D eigenvalue weighted by Gasteiger charge is -2.15. The van der Waals surface area contributed by atoms with E-state index in [9.17, 15) is 4.39 Å². The SMILES string of the molecule is COc1ccc(CNC2CCc3cc(F)ccc32)cc1OC. The van der Waals surface area contributed by atoms with E-state index in [1.807, 2.05) is 24.3 Å². The molecule has 0 radical (unpaired) electrons. The fourth-order valence-corrected chi connectivity index (χ4v) is 3.03. The third kappa shape index (κ3) is 2.92. The van der Waals surface area contributed by atoms with Gasteiger partial charge in [0.05, 0.1) is 14.2 Å². The van der Waals surface area contributed by atoms with Crippen molar-refractivity contribution in [1.82, 2.24) is 5.32 Å². The Hall–Kier alpha value is -2.07. The van der Waals surface area contributed by atoms with Gasteiger partial charge in [0, 0.05) is 12.6 Å².